The van der Waals surface area contributed by atoms with Gasteiger partial charge in [-0.15, -0.1) is 0 Å². The van der Waals surface area contributed by atoms with Crippen LogP contribution in [0.2, 0.25) is 0 Å². The molecule has 1 aromatic carbocycles. The largest absolute Gasteiger partial charge is 0.315 e. The summed E-state index contributed by atoms with van der Waals surface area (Å²) in [7, 11) is -10.9. The third-order valence-corrected chi connectivity index (χ3v) is 3.97. The highest BCUT2D eigenvalue weighted by Crippen LogP contribution is 2.39. The molecule has 0 atom stereocenters. The first-order chi connectivity index (χ1) is 9.82. The predicted octanol–water partition coefficient (Wildman–Crippen LogP) is -0.132. The number of hydrogen-bond acceptors (Lipinski definition) is 9. The van der Waals surface area contributed by atoms with Crippen LogP contribution in [0.3, 0.4) is 0 Å². The van der Waals surface area contributed by atoms with E-state index in [2.05, 4.69) is 0 Å². The average molecular weight is 353 g/mol. The van der Waals surface area contributed by atoms with Gasteiger partial charge >= 0.3 is 31.6 Å². The van der Waals surface area contributed by atoms with Crippen molar-refractivity contribution in [2.45, 2.75) is 9.79 Å². The van der Waals surface area contributed by atoms with Crippen LogP contribution in [0.5, 0.6) is 0 Å². The van der Waals surface area contributed by atoms with Crippen molar-refractivity contribution >= 4 is 31.6 Å². The van der Waals surface area contributed by atoms with Gasteiger partial charge in [-0.3, -0.25) is 29.3 Å². The normalized spacial score (nSPS) is 11.7. The molecule has 0 fully saturated rings. The summed E-state index contributed by atoms with van der Waals surface area (Å²) in [5.41, 5.74) is -4.94. The van der Waals surface area contributed by atoms with Crippen LogP contribution in [0.1, 0.15) is 5.56 Å². The Morgan fingerprint density at radius 3 is 1.45 bits per heavy atom. The standard InChI is InChI=1S/C7H3N3O10S2/c8-2-3-6(9(11)12)4(21(15,16)17)1-5(22(18,19)20)7(3)10(13)14/h1H,(H,15,16,17)(H,18,19,20). The average Bonchev–Trinajstić information content (AvgIpc) is 2.33. The Labute approximate surface area is 121 Å². The summed E-state index contributed by atoms with van der Waals surface area (Å²) in [4.78, 5) is 15.2. The van der Waals surface area contributed by atoms with Gasteiger partial charge in [0.2, 0.25) is 5.56 Å². The zero-order chi connectivity index (χ0) is 17.5. The summed E-state index contributed by atoms with van der Waals surface area (Å²) < 4.78 is 62.1. The number of nitrogens with zero attached hydrogens (tertiary/aromatic N) is 3. The summed E-state index contributed by atoms with van der Waals surface area (Å²) in [5.74, 6) is 0. The number of rotatable bonds is 4. The summed E-state index contributed by atoms with van der Waals surface area (Å²) in [5, 5.41) is 30.4. The molecular weight excluding hydrogens is 350 g/mol. The molecule has 0 radical (unpaired) electrons. The second kappa shape index (κ2) is 5.27. The Balaban J connectivity index is 4.33. The second-order valence-electron chi connectivity index (χ2n) is 3.52. The smallest absolute Gasteiger partial charge is 0.282 e. The molecule has 0 bridgehead atoms. The molecule has 0 aromatic heterocycles. The van der Waals surface area contributed by atoms with E-state index in [1.807, 2.05) is 0 Å². The molecule has 0 aliphatic rings. The molecule has 13 nitrogen and oxygen atoms in total. The SMILES string of the molecule is N#Cc1c([N+](=O)[O-])c(S(=O)(=O)O)cc(S(=O)(=O)O)c1[N+](=O)[O-]. The molecule has 0 saturated carbocycles. The number of hydrogen-bond donors (Lipinski definition) is 2. The first-order valence-electron chi connectivity index (χ1n) is 4.67. The number of nitro benzene ring substituents is 2. The van der Waals surface area contributed by atoms with Crippen LogP contribution in [0, 0.1) is 31.6 Å². The van der Waals surface area contributed by atoms with Crippen molar-refractivity contribution in [3.8, 4) is 6.07 Å². The number of benzene rings is 1. The highest BCUT2D eigenvalue weighted by Gasteiger charge is 2.40. The highest BCUT2D eigenvalue weighted by molar-refractivity contribution is 7.86. The molecule has 0 spiro atoms. The quantitative estimate of drug-likeness (QED) is 0.412. The maximum atomic E-state index is 11.1. The van der Waals surface area contributed by atoms with E-state index in [4.69, 9.17) is 14.4 Å². The lowest BCUT2D eigenvalue weighted by atomic mass is 10.1. The van der Waals surface area contributed by atoms with Crippen molar-refractivity contribution < 1.29 is 35.8 Å². The van der Waals surface area contributed by atoms with Crippen molar-refractivity contribution in [3.05, 3.63) is 31.9 Å². The van der Waals surface area contributed by atoms with E-state index < -0.39 is 56.8 Å². The first kappa shape index (κ1) is 17.4. The summed E-state index contributed by atoms with van der Waals surface area (Å²) in [6.45, 7) is 0. The molecule has 1 aromatic rings. The minimum absolute atomic E-state index is 0.179. The molecule has 22 heavy (non-hydrogen) atoms. The van der Waals surface area contributed by atoms with E-state index in [1.165, 1.54) is 0 Å². The molecule has 118 valence electrons. The fraction of sp³-hybridized carbons (Fsp3) is 0. The van der Waals surface area contributed by atoms with E-state index in [0.717, 1.165) is 6.07 Å². The fourth-order valence-corrected chi connectivity index (χ4v) is 2.93. The van der Waals surface area contributed by atoms with E-state index >= 15 is 0 Å². The van der Waals surface area contributed by atoms with Crippen molar-refractivity contribution in [3.63, 3.8) is 0 Å². The van der Waals surface area contributed by atoms with Crippen LogP contribution in [0.15, 0.2) is 15.9 Å². The van der Waals surface area contributed by atoms with Gasteiger partial charge in [0, 0.05) is 0 Å². The fourth-order valence-electron chi connectivity index (χ4n) is 1.48. The van der Waals surface area contributed by atoms with Gasteiger partial charge in [0.1, 0.15) is 6.07 Å². The van der Waals surface area contributed by atoms with Gasteiger partial charge in [-0.2, -0.15) is 22.1 Å². The molecule has 0 heterocycles. The molecule has 2 N–H and O–H groups in total. The Morgan fingerprint density at radius 2 is 1.27 bits per heavy atom. The lowest BCUT2D eigenvalue weighted by molar-refractivity contribution is -0.398. The Kier molecular flexibility index (Phi) is 4.16. The molecule has 0 unspecified atom stereocenters. The van der Waals surface area contributed by atoms with E-state index in [9.17, 15) is 37.1 Å². The van der Waals surface area contributed by atoms with Gasteiger partial charge in [0.05, 0.1) is 9.85 Å². The molecule has 15 heteroatoms. The summed E-state index contributed by atoms with van der Waals surface area (Å²) >= 11 is 0. The molecule has 0 amide bonds. The first-order valence-corrected chi connectivity index (χ1v) is 7.55. The van der Waals surface area contributed by atoms with Gasteiger partial charge < -0.3 is 0 Å². The lowest BCUT2D eigenvalue weighted by Gasteiger charge is -2.06. The molecular formula is C7H3N3O10S2. The van der Waals surface area contributed by atoms with Gasteiger partial charge in [0.25, 0.3) is 0 Å². The Bertz CT molecular complexity index is 871. The minimum Gasteiger partial charge on any atom is -0.282 e. The van der Waals surface area contributed by atoms with Gasteiger partial charge in [-0.05, 0) is 6.07 Å². The van der Waals surface area contributed by atoms with Crippen LogP contribution in [0.4, 0.5) is 11.4 Å². The number of nitro groups is 2. The molecule has 0 aliphatic heterocycles. The predicted molar refractivity (Wildman–Crippen MR) is 64.1 cm³/mol. The third-order valence-electron chi connectivity index (χ3n) is 2.24. The van der Waals surface area contributed by atoms with Gasteiger partial charge in [0.15, 0.2) is 9.79 Å². The Hall–Kier alpha value is -2.67. The molecule has 0 aliphatic carbocycles. The monoisotopic (exact) mass is 353 g/mol. The minimum atomic E-state index is -5.43. The van der Waals surface area contributed by atoms with Crippen LogP contribution in [-0.2, 0) is 20.2 Å². The zero-order valence-corrected chi connectivity index (χ0v) is 11.5. The van der Waals surface area contributed by atoms with E-state index in [1.54, 1.807) is 0 Å². The highest BCUT2D eigenvalue weighted by atomic mass is 32.2. The van der Waals surface area contributed by atoms with Crippen LogP contribution >= 0.6 is 0 Å². The molecule has 1 rings (SSSR count). The maximum Gasteiger partial charge on any atom is 0.315 e. The van der Waals surface area contributed by atoms with Crippen molar-refractivity contribution in [2.24, 2.45) is 0 Å². The van der Waals surface area contributed by atoms with Crippen LogP contribution < -0.4 is 0 Å². The van der Waals surface area contributed by atoms with Crippen LogP contribution in [0.25, 0.3) is 0 Å². The Morgan fingerprint density at radius 1 is 0.955 bits per heavy atom. The lowest BCUT2D eigenvalue weighted by Crippen LogP contribution is -2.12. The van der Waals surface area contributed by atoms with Gasteiger partial charge in [-0.1, -0.05) is 0 Å². The third kappa shape index (κ3) is 2.99. The van der Waals surface area contributed by atoms with Crippen molar-refractivity contribution in [1.82, 2.24) is 0 Å². The topological polar surface area (TPSA) is 219 Å². The van der Waals surface area contributed by atoms with E-state index in [0.29, 0.717) is 0 Å². The van der Waals surface area contributed by atoms with Crippen molar-refractivity contribution in [1.29, 1.82) is 5.26 Å². The summed E-state index contributed by atoms with van der Waals surface area (Å²) in [6.07, 6.45) is 0. The van der Waals surface area contributed by atoms with E-state index in [-0.39, 0.29) is 6.07 Å². The van der Waals surface area contributed by atoms with Gasteiger partial charge in [-0.25, -0.2) is 0 Å². The molecule has 0 saturated heterocycles. The zero-order valence-electron chi connectivity index (χ0n) is 9.90. The summed E-state index contributed by atoms with van der Waals surface area (Å²) in [6, 6.07) is 0.739. The van der Waals surface area contributed by atoms with Crippen LogP contribution in [-0.4, -0.2) is 35.8 Å². The van der Waals surface area contributed by atoms with Crippen molar-refractivity contribution in [2.75, 3.05) is 0 Å². The number of nitriles is 1. The maximum absolute atomic E-state index is 11.1. The second-order valence-corrected chi connectivity index (χ2v) is 6.30.